The molecule has 0 bridgehead atoms. The first kappa shape index (κ1) is 16.5. The monoisotopic (exact) mass is 307 g/mol. The number of rotatable bonds is 7. The molecule has 6 nitrogen and oxygen atoms in total. The second-order valence-electron chi connectivity index (χ2n) is 4.08. The van der Waals surface area contributed by atoms with Crippen LogP contribution in [0.15, 0.2) is 36.0 Å². The van der Waals surface area contributed by atoms with Gasteiger partial charge in [0.1, 0.15) is 11.6 Å². The van der Waals surface area contributed by atoms with Crippen LogP contribution in [0.1, 0.15) is 12.0 Å². The van der Waals surface area contributed by atoms with Crippen LogP contribution >= 0.6 is 11.6 Å². The minimum atomic E-state index is -1.02. The molecule has 0 saturated heterocycles. The Morgan fingerprint density at radius 1 is 1.33 bits per heavy atom. The largest absolute Gasteiger partial charge is 0.481 e. The molecule has 3 N–H and O–H groups in total. The molecule has 0 aromatic heterocycles. The minimum absolute atomic E-state index is 0.0234. The maximum absolute atomic E-state index is 11.6. The van der Waals surface area contributed by atoms with Gasteiger partial charge >= 0.3 is 5.97 Å². The number of hydrogen-bond acceptors (Lipinski definition) is 4. The predicted molar refractivity (Wildman–Crippen MR) is 77.3 cm³/mol. The van der Waals surface area contributed by atoms with Gasteiger partial charge < -0.3 is 15.7 Å². The van der Waals surface area contributed by atoms with Gasteiger partial charge in [-0.1, -0.05) is 23.7 Å². The summed E-state index contributed by atoms with van der Waals surface area (Å²) in [5.41, 5.74) is 0.827. The van der Waals surface area contributed by atoms with Gasteiger partial charge in [-0.3, -0.25) is 9.59 Å². The average Bonchev–Trinajstić information content (AvgIpc) is 2.45. The Morgan fingerprint density at radius 2 is 2.00 bits per heavy atom. The fraction of sp³-hybridized carbons (Fsp3) is 0.214. The number of hydrogen-bond donors (Lipinski definition) is 3. The average molecular weight is 308 g/mol. The number of carbonyl (C=O) groups excluding carboxylic acids is 1. The number of carbonyl (C=O) groups is 2. The highest BCUT2D eigenvalue weighted by Gasteiger charge is 2.08. The first-order chi connectivity index (χ1) is 10.0. The van der Waals surface area contributed by atoms with E-state index in [-0.39, 0.29) is 18.5 Å². The summed E-state index contributed by atoms with van der Waals surface area (Å²) in [6.07, 6.45) is 1.10. The van der Waals surface area contributed by atoms with E-state index in [1.807, 2.05) is 12.1 Å². The highest BCUT2D eigenvalue weighted by atomic mass is 35.5. The molecule has 1 amide bonds. The number of benzene rings is 1. The Labute approximate surface area is 127 Å². The van der Waals surface area contributed by atoms with Crippen LogP contribution in [0.25, 0.3) is 0 Å². The lowest BCUT2D eigenvalue weighted by Crippen LogP contribution is -2.27. The number of nitrogens with one attached hydrogen (secondary N) is 2. The lowest BCUT2D eigenvalue weighted by atomic mass is 10.2. The molecular formula is C14H14ClN3O3. The summed E-state index contributed by atoms with van der Waals surface area (Å²) >= 11 is 5.76. The zero-order chi connectivity index (χ0) is 15.7. The standard InChI is InChI=1S/C14H14ClN3O3/c15-12-3-1-10(2-4-12)8-17-9-11(7-16)14(21)18-6-5-13(19)20/h1-4,9,17H,5-6,8H2,(H,18,21)(H,19,20)/b11-9-. The summed E-state index contributed by atoms with van der Waals surface area (Å²) < 4.78 is 0. The van der Waals surface area contributed by atoms with Crippen LogP contribution in [0.3, 0.4) is 0 Å². The van der Waals surface area contributed by atoms with Crippen LogP contribution in [0.4, 0.5) is 0 Å². The molecule has 0 spiro atoms. The SMILES string of the molecule is N#C/C(=C/NCc1ccc(Cl)cc1)C(=O)NCCC(=O)O. The van der Waals surface area contributed by atoms with Crippen LogP contribution in [0.2, 0.25) is 5.02 Å². The van der Waals surface area contributed by atoms with Crippen molar-refractivity contribution in [3.8, 4) is 6.07 Å². The third-order valence-corrected chi connectivity index (χ3v) is 2.71. The van der Waals surface area contributed by atoms with Gasteiger partial charge in [0.05, 0.1) is 6.42 Å². The summed E-state index contributed by atoms with van der Waals surface area (Å²) in [5.74, 6) is -1.62. The smallest absolute Gasteiger partial charge is 0.305 e. The van der Waals surface area contributed by atoms with Crippen molar-refractivity contribution in [2.75, 3.05) is 6.54 Å². The van der Waals surface area contributed by atoms with Crippen LogP contribution < -0.4 is 10.6 Å². The summed E-state index contributed by atoms with van der Waals surface area (Å²) in [5, 5.41) is 23.2. The highest BCUT2D eigenvalue weighted by molar-refractivity contribution is 6.30. The van der Waals surface area contributed by atoms with Crippen LogP contribution in [-0.2, 0) is 16.1 Å². The number of amides is 1. The van der Waals surface area contributed by atoms with Crippen molar-refractivity contribution >= 4 is 23.5 Å². The van der Waals surface area contributed by atoms with Gasteiger partial charge in [-0.25, -0.2) is 0 Å². The number of halogens is 1. The van der Waals surface area contributed by atoms with E-state index in [0.29, 0.717) is 11.6 Å². The lowest BCUT2D eigenvalue weighted by Gasteiger charge is -2.04. The number of aliphatic carboxylic acids is 1. The van der Waals surface area contributed by atoms with E-state index in [9.17, 15) is 9.59 Å². The summed E-state index contributed by atoms with van der Waals surface area (Å²) in [6, 6.07) is 8.88. The van der Waals surface area contributed by atoms with Crippen molar-refractivity contribution in [1.82, 2.24) is 10.6 Å². The van der Waals surface area contributed by atoms with Gasteiger partial charge in [0.15, 0.2) is 0 Å². The van der Waals surface area contributed by atoms with Gasteiger partial charge in [0.25, 0.3) is 5.91 Å². The minimum Gasteiger partial charge on any atom is -0.481 e. The molecule has 1 aromatic rings. The fourth-order valence-corrected chi connectivity index (χ4v) is 1.53. The first-order valence-corrected chi connectivity index (χ1v) is 6.49. The third-order valence-electron chi connectivity index (χ3n) is 2.46. The van der Waals surface area contributed by atoms with Crippen molar-refractivity contribution in [3.05, 3.63) is 46.6 Å². The Balaban J connectivity index is 2.47. The van der Waals surface area contributed by atoms with E-state index >= 15 is 0 Å². The van der Waals surface area contributed by atoms with Crippen molar-refractivity contribution in [2.45, 2.75) is 13.0 Å². The Bertz CT molecular complexity index is 576. The Hall–Kier alpha value is -2.52. The number of carboxylic acids is 1. The Morgan fingerprint density at radius 3 is 2.57 bits per heavy atom. The van der Waals surface area contributed by atoms with E-state index < -0.39 is 11.9 Å². The zero-order valence-corrected chi connectivity index (χ0v) is 11.9. The van der Waals surface area contributed by atoms with Crippen molar-refractivity contribution in [3.63, 3.8) is 0 Å². The molecule has 0 fully saturated rings. The maximum atomic E-state index is 11.6. The van der Waals surface area contributed by atoms with E-state index in [1.165, 1.54) is 6.20 Å². The molecule has 0 aliphatic heterocycles. The van der Waals surface area contributed by atoms with E-state index in [0.717, 1.165) is 5.56 Å². The number of carboxylic acid groups (broad SMARTS) is 1. The molecule has 0 atom stereocenters. The number of nitriles is 1. The van der Waals surface area contributed by atoms with Gasteiger partial charge in [-0.05, 0) is 17.7 Å². The molecule has 0 aliphatic carbocycles. The van der Waals surface area contributed by atoms with Crippen LogP contribution in [0.5, 0.6) is 0 Å². The molecule has 1 rings (SSSR count). The van der Waals surface area contributed by atoms with Crippen molar-refractivity contribution < 1.29 is 14.7 Å². The second kappa shape index (κ2) is 8.61. The van der Waals surface area contributed by atoms with Gasteiger partial charge in [-0.2, -0.15) is 5.26 Å². The quantitative estimate of drug-likeness (QED) is 0.522. The van der Waals surface area contributed by atoms with Crippen molar-refractivity contribution in [1.29, 1.82) is 5.26 Å². The maximum Gasteiger partial charge on any atom is 0.305 e. The molecular weight excluding hydrogens is 294 g/mol. The van der Waals surface area contributed by atoms with E-state index in [4.69, 9.17) is 22.0 Å². The molecule has 0 aliphatic rings. The fourth-order valence-electron chi connectivity index (χ4n) is 1.40. The molecule has 21 heavy (non-hydrogen) atoms. The summed E-state index contributed by atoms with van der Waals surface area (Å²) in [6.45, 7) is 0.412. The molecule has 0 unspecified atom stereocenters. The topological polar surface area (TPSA) is 102 Å². The summed E-state index contributed by atoms with van der Waals surface area (Å²) in [4.78, 5) is 21.9. The van der Waals surface area contributed by atoms with E-state index in [1.54, 1.807) is 18.2 Å². The molecule has 110 valence electrons. The van der Waals surface area contributed by atoms with Crippen molar-refractivity contribution in [2.24, 2.45) is 0 Å². The molecule has 1 aromatic carbocycles. The van der Waals surface area contributed by atoms with Gasteiger partial charge in [0, 0.05) is 24.3 Å². The number of nitrogens with zero attached hydrogens (tertiary/aromatic N) is 1. The highest BCUT2D eigenvalue weighted by Crippen LogP contribution is 2.09. The summed E-state index contributed by atoms with van der Waals surface area (Å²) in [7, 11) is 0. The van der Waals surface area contributed by atoms with E-state index in [2.05, 4.69) is 10.6 Å². The first-order valence-electron chi connectivity index (χ1n) is 6.11. The predicted octanol–water partition coefficient (Wildman–Crippen LogP) is 1.43. The van der Waals surface area contributed by atoms with Crippen LogP contribution in [0, 0.1) is 11.3 Å². The Kier molecular flexibility index (Phi) is 6.78. The van der Waals surface area contributed by atoms with Crippen LogP contribution in [-0.4, -0.2) is 23.5 Å². The molecule has 0 radical (unpaired) electrons. The van der Waals surface area contributed by atoms with Gasteiger partial charge in [-0.15, -0.1) is 0 Å². The van der Waals surface area contributed by atoms with Gasteiger partial charge in [0.2, 0.25) is 0 Å². The molecule has 0 saturated carbocycles. The normalized spacial score (nSPS) is 10.6. The zero-order valence-electron chi connectivity index (χ0n) is 11.1. The molecule has 7 heteroatoms. The molecule has 0 heterocycles. The third kappa shape index (κ3) is 6.45. The lowest BCUT2D eigenvalue weighted by molar-refractivity contribution is -0.136. The second-order valence-corrected chi connectivity index (χ2v) is 4.51.